The van der Waals surface area contributed by atoms with Crippen molar-refractivity contribution in [1.82, 2.24) is 14.9 Å². The third-order valence-corrected chi connectivity index (χ3v) is 4.27. The van der Waals surface area contributed by atoms with Crippen molar-refractivity contribution in [2.45, 2.75) is 18.0 Å². The topological polar surface area (TPSA) is 140 Å². The first kappa shape index (κ1) is 19.7. The lowest BCUT2D eigenvalue weighted by Crippen LogP contribution is -2.34. The molecule has 26 heavy (non-hydrogen) atoms. The molecule has 0 atom stereocenters. The van der Waals surface area contributed by atoms with Crippen molar-refractivity contribution in [3.63, 3.8) is 0 Å². The number of thioether (sulfide) groups is 1. The Morgan fingerprint density at radius 3 is 2.77 bits per heavy atom. The van der Waals surface area contributed by atoms with Crippen LogP contribution in [-0.2, 0) is 16.0 Å². The number of aliphatic carboxylic acids is 1. The fourth-order valence-corrected chi connectivity index (χ4v) is 2.64. The molecule has 0 radical (unpaired) electrons. The number of nitrogen functional groups attached to an aromatic ring is 1. The van der Waals surface area contributed by atoms with E-state index in [2.05, 4.69) is 15.5 Å². The van der Waals surface area contributed by atoms with Crippen LogP contribution < -0.4 is 16.7 Å². The number of nitrogens with two attached hydrogens (primary N) is 1. The summed E-state index contributed by atoms with van der Waals surface area (Å²) in [6.45, 7) is 0. The third kappa shape index (κ3) is 5.17. The number of aromatic nitrogens is 3. The second kappa shape index (κ2) is 8.63. The summed E-state index contributed by atoms with van der Waals surface area (Å²) < 4.78 is 13.8. The number of nitrogens with one attached hydrogen (secondary N) is 1. The summed E-state index contributed by atoms with van der Waals surface area (Å²) in [7, 11) is 0. The Hall–Kier alpha value is -2.66. The van der Waals surface area contributed by atoms with Crippen molar-refractivity contribution >= 4 is 40.9 Å². The molecule has 12 heteroatoms. The Labute approximate surface area is 155 Å². The molecule has 1 aromatic carbocycles. The monoisotopic (exact) mass is 401 g/mol. The maximum Gasteiger partial charge on any atom is 0.303 e. The summed E-state index contributed by atoms with van der Waals surface area (Å²) in [5.41, 5.74) is -0.457. The van der Waals surface area contributed by atoms with Crippen molar-refractivity contribution in [1.29, 1.82) is 0 Å². The van der Waals surface area contributed by atoms with E-state index in [1.54, 1.807) is 0 Å². The number of carboxylic acid groups (broad SMARTS) is 1. The molecule has 1 amide bonds. The molecule has 2 rings (SSSR count). The zero-order chi connectivity index (χ0) is 19.3. The van der Waals surface area contributed by atoms with Crippen molar-refractivity contribution < 1.29 is 19.1 Å². The van der Waals surface area contributed by atoms with E-state index in [9.17, 15) is 18.8 Å². The van der Waals surface area contributed by atoms with Gasteiger partial charge in [0.25, 0.3) is 5.56 Å². The number of aryl methyl sites for hydroxylation is 1. The van der Waals surface area contributed by atoms with Crippen LogP contribution in [0.2, 0.25) is 5.02 Å². The Bertz CT molecular complexity index is 907. The first-order valence-corrected chi connectivity index (χ1v) is 8.47. The van der Waals surface area contributed by atoms with Gasteiger partial charge in [0.2, 0.25) is 11.1 Å². The lowest BCUT2D eigenvalue weighted by molar-refractivity contribution is -0.137. The maximum absolute atomic E-state index is 13.1. The standard InChI is InChI=1S/C14H13ClFN5O4S/c15-8-5-7(1-2-9(8)16)18-11(22)6-26-14-20-19-10(3-4-12(23)24)13(25)21(14)17/h1-2,5H,3-4,6,17H2,(H,18,22)(H,23,24). The van der Waals surface area contributed by atoms with Crippen LogP contribution in [0.5, 0.6) is 0 Å². The van der Waals surface area contributed by atoms with E-state index in [0.29, 0.717) is 10.4 Å². The second-order valence-corrected chi connectivity index (χ2v) is 6.31. The van der Waals surface area contributed by atoms with Crippen LogP contribution in [0.1, 0.15) is 12.1 Å². The molecular weight excluding hydrogens is 389 g/mol. The maximum atomic E-state index is 13.1. The van der Waals surface area contributed by atoms with Gasteiger partial charge in [-0.1, -0.05) is 23.4 Å². The van der Waals surface area contributed by atoms with E-state index in [-0.39, 0.29) is 34.5 Å². The smallest absolute Gasteiger partial charge is 0.303 e. The first-order valence-electron chi connectivity index (χ1n) is 7.11. The molecule has 1 heterocycles. The number of halogens is 2. The van der Waals surface area contributed by atoms with Crippen molar-refractivity contribution in [2.24, 2.45) is 0 Å². The molecule has 0 saturated carbocycles. The first-order chi connectivity index (χ1) is 12.3. The number of anilines is 1. The van der Waals surface area contributed by atoms with Crippen molar-refractivity contribution in [3.05, 3.63) is 45.1 Å². The second-order valence-electron chi connectivity index (χ2n) is 4.96. The number of rotatable bonds is 7. The van der Waals surface area contributed by atoms with Crippen LogP contribution in [-0.4, -0.2) is 37.6 Å². The van der Waals surface area contributed by atoms with Gasteiger partial charge in [0.1, 0.15) is 11.5 Å². The lowest BCUT2D eigenvalue weighted by atomic mass is 10.2. The van der Waals surface area contributed by atoms with Gasteiger partial charge in [0, 0.05) is 12.1 Å². The highest BCUT2D eigenvalue weighted by atomic mass is 35.5. The molecule has 4 N–H and O–H groups in total. The summed E-state index contributed by atoms with van der Waals surface area (Å²) in [4.78, 5) is 34.4. The minimum Gasteiger partial charge on any atom is -0.481 e. The summed E-state index contributed by atoms with van der Waals surface area (Å²) in [5.74, 6) is 3.32. The Balaban J connectivity index is 1.99. The molecule has 0 bridgehead atoms. The fourth-order valence-electron chi connectivity index (χ4n) is 1.80. The van der Waals surface area contributed by atoms with Crippen molar-refractivity contribution in [2.75, 3.05) is 16.9 Å². The van der Waals surface area contributed by atoms with E-state index in [4.69, 9.17) is 22.6 Å². The molecule has 0 aliphatic heterocycles. The molecule has 0 fully saturated rings. The molecule has 0 unspecified atom stereocenters. The molecule has 0 aliphatic rings. The molecule has 1 aromatic heterocycles. The van der Waals surface area contributed by atoms with Gasteiger partial charge >= 0.3 is 5.97 Å². The number of amides is 1. The molecule has 0 aliphatic carbocycles. The zero-order valence-electron chi connectivity index (χ0n) is 13.1. The fraction of sp³-hybridized carbons (Fsp3) is 0.214. The van der Waals surface area contributed by atoms with Gasteiger partial charge in [-0.3, -0.25) is 14.4 Å². The molecular formula is C14H13ClFN5O4S. The van der Waals surface area contributed by atoms with Crippen LogP contribution in [0.25, 0.3) is 0 Å². The Kier molecular flexibility index (Phi) is 6.52. The summed E-state index contributed by atoms with van der Waals surface area (Å²) in [6, 6.07) is 3.72. The molecule has 2 aromatic rings. The highest BCUT2D eigenvalue weighted by Crippen LogP contribution is 2.20. The normalized spacial score (nSPS) is 10.5. The van der Waals surface area contributed by atoms with E-state index < -0.39 is 23.3 Å². The van der Waals surface area contributed by atoms with E-state index in [0.717, 1.165) is 17.8 Å². The summed E-state index contributed by atoms with van der Waals surface area (Å²) >= 11 is 6.49. The van der Waals surface area contributed by atoms with Gasteiger partial charge in [-0.05, 0) is 18.2 Å². The number of hydrogen-bond donors (Lipinski definition) is 3. The van der Waals surface area contributed by atoms with Gasteiger partial charge < -0.3 is 16.3 Å². The number of hydrogen-bond acceptors (Lipinski definition) is 7. The SMILES string of the molecule is Nn1c(SCC(=O)Nc2ccc(F)c(Cl)c2)nnc(CCC(=O)O)c1=O. The number of nitrogens with zero attached hydrogens (tertiary/aromatic N) is 3. The van der Waals surface area contributed by atoms with E-state index in [1.807, 2.05) is 0 Å². The molecule has 138 valence electrons. The Morgan fingerprint density at radius 1 is 1.38 bits per heavy atom. The molecule has 0 saturated heterocycles. The summed E-state index contributed by atoms with van der Waals surface area (Å²) in [5, 5.41) is 18.4. The molecule has 9 nitrogen and oxygen atoms in total. The highest BCUT2D eigenvalue weighted by Gasteiger charge is 2.14. The van der Waals surface area contributed by atoms with Crippen molar-refractivity contribution in [3.8, 4) is 0 Å². The van der Waals surface area contributed by atoms with Crippen LogP contribution in [0.3, 0.4) is 0 Å². The number of benzene rings is 1. The average Bonchev–Trinajstić information content (AvgIpc) is 2.58. The van der Waals surface area contributed by atoms with Crippen LogP contribution in [0.15, 0.2) is 28.2 Å². The zero-order valence-corrected chi connectivity index (χ0v) is 14.7. The minimum atomic E-state index is -1.08. The van der Waals surface area contributed by atoms with Crippen LogP contribution in [0.4, 0.5) is 10.1 Å². The third-order valence-electron chi connectivity index (χ3n) is 3.04. The summed E-state index contributed by atoms with van der Waals surface area (Å²) in [6.07, 6.45) is -0.381. The number of carbonyl (C=O) groups excluding carboxylic acids is 1. The minimum absolute atomic E-state index is 0.0126. The van der Waals surface area contributed by atoms with E-state index >= 15 is 0 Å². The predicted octanol–water partition coefficient (Wildman–Crippen LogP) is 0.893. The van der Waals surface area contributed by atoms with Gasteiger partial charge in [-0.2, -0.15) is 4.68 Å². The largest absolute Gasteiger partial charge is 0.481 e. The number of carbonyl (C=O) groups is 2. The van der Waals surface area contributed by atoms with Crippen LogP contribution >= 0.6 is 23.4 Å². The quantitative estimate of drug-likeness (QED) is 0.459. The van der Waals surface area contributed by atoms with Gasteiger partial charge in [-0.25, -0.2) is 4.39 Å². The van der Waals surface area contributed by atoms with Gasteiger partial charge in [0.05, 0.1) is 17.2 Å². The van der Waals surface area contributed by atoms with Gasteiger partial charge in [-0.15, -0.1) is 10.2 Å². The lowest BCUT2D eigenvalue weighted by Gasteiger charge is -2.08. The Morgan fingerprint density at radius 2 is 2.12 bits per heavy atom. The van der Waals surface area contributed by atoms with E-state index in [1.165, 1.54) is 12.1 Å². The predicted molar refractivity (Wildman–Crippen MR) is 93.2 cm³/mol. The molecule has 0 spiro atoms. The number of carboxylic acids is 1. The van der Waals surface area contributed by atoms with Gasteiger partial charge in [0.15, 0.2) is 0 Å². The highest BCUT2D eigenvalue weighted by molar-refractivity contribution is 7.99. The van der Waals surface area contributed by atoms with Crippen LogP contribution in [0, 0.1) is 5.82 Å². The average molecular weight is 402 g/mol.